The summed E-state index contributed by atoms with van der Waals surface area (Å²) in [4.78, 5) is 12.0. The quantitative estimate of drug-likeness (QED) is 0.576. The summed E-state index contributed by atoms with van der Waals surface area (Å²) in [7, 11) is -3.12. The van der Waals surface area contributed by atoms with E-state index in [4.69, 9.17) is 9.26 Å². The van der Waals surface area contributed by atoms with Crippen LogP contribution in [0.5, 0.6) is 0 Å². The molecule has 0 N–H and O–H groups in total. The van der Waals surface area contributed by atoms with Gasteiger partial charge in [0, 0.05) is 18.8 Å². The van der Waals surface area contributed by atoms with Crippen LogP contribution in [0.25, 0.3) is 0 Å². The Morgan fingerprint density at radius 3 is 2.45 bits per heavy atom. The fraction of sp³-hybridized carbons (Fsp3) is 0.500. The van der Waals surface area contributed by atoms with Crippen molar-refractivity contribution in [3.05, 3.63) is 36.6 Å². The van der Waals surface area contributed by atoms with E-state index in [0.717, 1.165) is 5.57 Å². The van der Waals surface area contributed by atoms with Crippen LogP contribution in [0, 0.1) is 0 Å². The van der Waals surface area contributed by atoms with Crippen LogP contribution in [-0.2, 0) is 18.6 Å². The highest BCUT2D eigenvalue weighted by molar-refractivity contribution is 7.55. The number of nitrogens with zero attached hydrogens (tertiary/aromatic N) is 1. The average Bonchev–Trinajstić information content (AvgIpc) is 2.35. The van der Waals surface area contributed by atoms with Gasteiger partial charge in [0.2, 0.25) is 0 Å². The second kappa shape index (κ2) is 6.42. The summed E-state index contributed by atoms with van der Waals surface area (Å²) in [5.74, 6) is 0.0302. The van der Waals surface area contributed by atoms with Gasteiger partial charge in [-0.3, -0.25) is 9.36 Å². The van der Waals surface area contributed by atoms with Crippen molar-refractivity contribution in [3.8, 4) is 0 Å². The molecule has 5 nitrogen and oxygen atoms in total. The van der Waals surface area contributed by atoms with Crippen molar-refractivity contribution in [2.45, 2.75) is 32.9 Å². The van der Waals surface area contributed by atoms with Gasteiger partial charge in [-0.2, -0.15) is 0 Å². The number of hydrogen-bond acceptors (Lipinski definition) is 4. The van der Waals surface area contributed by atoms with Crippen LogP contribution in [-0.4, -0.2) is 36.0 Å². The third kappa shape index (κ3) is 3.62. The fourth-order valence-corrected chi connectivity index (χ4v) is 3.71. The van der Waals surface area contributed by atoms with Crippen LogP contribution in [0.3, 0.4) is 0 Å². The zero-order valence-corrected chi connectivity index (χ0v) is 13.4. The number of carbonyl (C=O) groups excluding carboxylic acids is 1. The SMILES string of the molecule is C=CC1=C(C=C)OP(C)(=O)N(C(C)C(=O)OC(C)C)C1. The molecule has 0 aromatic heterocycles. The Balaban J connectivity index is 3.03. The van der Waals surface area contributed by atoms with Gasteiger partial charge in [0.05, 0.1) is 6.10 Å². The summed E-state index contributed by atoms with van der Waals surface area (Å²) in [5.41, 5.74) is 0.748. The summed E-state index contributed by atoms with van der Waals surface area (Å²) in [6.07, 6.45) is 2.90. The molecule has 0 fully saturated rings. The van der Waals surface area contributed by atoms with Crippen LogP contribution >= 0.6 is 7.52 Å². The first-order chi connectivity index (χ1) is 9.22. The Bertz CT molecular complexity index is 495. The molecule has 2 unspecified atom stereocenters. The molecule has 1 heterocycles. The third-order valence-electron chi connectivity index (χ3n) is 2.96. The summed E-state index contributed by atoms with van der Waals surface area (Å²) >= 11 is 0. The van der Waals surface area contributed by atoms with E-state index in [9.17, 15) is 9.36 Å². The number of rotatable bonds is 5. The molecule has 0 saturated heterocycles. The lowest BCUT2D eigenvalue weighted by Crippen LogP contribution is -2.41. The van der Waals surface area contributed by atoms with E-state index in [2.05, 4.69) is 13.2 Å². The minimum Gasteiger partial charge on any atom is -0.462 e. The normalized spacial score (nSPS) is 25.1. The van der Waals surface area contributed by atoms with Crippen molar-refractivity contribution < 1.29 is 18.6 Å². The van der Waals surface area contributed by atoms with Gasteiger partial charge in [0.1, 0.15) is 11.8 Å². The third-order valence-corrected chi connectivity index (χ3v) is 4.91. The monoisotopic (exact) mass is 299 g/mol. The van der Waals surface area contributed by atoms with Crippen molar-refractivity contribution in [2.24, 2.45) is 0 Å². The maximum atomic E-state index is 12.6. The first kappa shape index (κ1) is 16.7. The molecule has 20 heavy (non-hydrogen) atoms. The second-order valence-electron chi connectivity index (χ2n) is 4.95. The molecule has 6 heteroatoms. The topological polar surface area (TPSA) is 55.8 Å². The molecule has 1 rings (SSSR count). The highest BCUT2D eigenvalue weighted by atomic mass is 31.2. The lowest BCUT2D eigenvalue weighted by atomic mass is 10.2. The highest BCUT2D eigenvalue weighted by Gasteiger charge is 2.40. The molecule has 0 aromatic carbocycles. The minimum absolute atomic E-state index is 0.218. The molecule has 0 spiro atoms. The number of esters is 1. The lowest BCUT2D eigenvalue weighted by Gasteiger charge is -2.37. The molecule has 2 atom stereocenters. The van der Waals surface area contributed by atoms with E-state index in [0.29, 0.717) is 12.3 Å². The van der Waals surface area contributed by atoms with Crippen molar-refractivity contribution in [2.75, 3.05) is 13.2 Å². The van der Waals surface area contributed by atoms with Gasteiger partial charge < -0.3 is 9.26 Å². The predicted octanol–water partition coefficient (Wildman–Crippen LogP) is 3.11. The van der Waals surface area contributed by atoms with Gasteiger partial charge in [-0.15, -0.1) is 0 Å². The van der Waals surface area contributed by atoms with E-state index in [1.165, 1.54) is 17.4 Å². The van der Waals surface area contributed by atoms with Crippen LogP contribution < -0.4 is 0 Å². The van der Waals surface area contributed by atoms with Gasteiger partial charge in [-0.1, -0.05) is 19.2 Å². The molecule has 0 radical (unpaired) electrons. The van der Waals surface area contributed by atoms with Crippen LogP contribution in [0.2, 0.25) is 0 Å². The average molecular weight is 299 g/mol. The van der Waals surface area contributed by atoms with Crippen LogP contribution in [0.1, 0.15) is 20.8 Å². The molecule has 0 amide bonds. The van der Waals surface area contributed by atoms with Crippen LogP contribution in [0.4, 0.5) is 0 Å². The molecular weight excluding hydrogens is 277 g/mol. The summed E-state index contributed by atoms with van der Waals surface area (Å²) in [5, 5.41) is 0. The van der Waals surface area contributed by atoms with E-state index in [-0.39, 0.29) is 6.10 Å². The van der Waals surface area contributed by atoms with Gasteiger partial charge in [0.25, 0.3) is 0 Å². The summed E-state index contributed by atoms with van der Waals surface area (Å²) < 4.78 is 24.8. The zero-order valence-electron chi connectivity index (χ0n) is 12.5. The summed E-state index contributed by atoms with van der Waals surface area (Å²) in [6, 6.07) is -0.658. The van der Waals surface area contributed by atoms with Gasteiger partial charge >= 0.3 is 13.5 Å². The Labute approximate surface area is 120 Å². The standard InChI is InChI=1S/C14H22NO4P/c1-7-12-9-15(11(5)14(16)18-10(3)4)20(6,17)19-13(12)8-2/h7-8,10-11H,1-2,9H2,3-6H3. The molecular formula is C14H22NO4P. The minimum atomic E-state index is -3.12. The fourth-order valence-electron chi connectivity index (χ4n) is 1.91. The van der Waals surface area contributed by atoms with E-state index in [1.54, 1.807) is 26.8 Å². The zero-order chi connectivity index (χ0) is 15.5. The number of allylic oxidation sites excluding steroid dienone is 1. The largest absolute Gasteiger partial charge is 0.462 e. The van der Waals surface area contributed by atoms with E-state index < -0.39 is 19.5 Å². The number of ether oxygens (including phenoxy) is 1. The molecule has 0 bridgehead atoms. The van der Waals surface area contributed by atoms with Gasteiger partial charge in [0.15, 0.2) is 0 Å². The maximum Gasteiger partial charge on any atom is 0.323 e. The molecule has 1 aliphatic heterocycles. The second-order valence-corrected chi connectivity index (χ2v) is 7.25. The number of carbonyl (C=O) groups is 1. The van der Waals surface area contributed by atoms with Gasteiger partial charge in [-0.05, 0) is 26.8 Å². The highest BCUT2D eigenvalue weighted by Crippen LogP contribution is 2.54. The molecule has 0 aromatic rings. The van der Waals surface area contributed by atoms with Crippen LogP contribution in [0.15, 0.2) is 36.6 Å². The smallest absolute Gasteiger partial charge is 0.323 e. The lowest BCUT2D eigenvalue weighted by molar-refractivity contribution is -0.151. The van der Waals surface area contributed by atoms with Crippen molar-refractivity contribution in [3.63, 3.8) is 0 Å². The number of hydrogen-bond donors (Lipinski definition) is 0. The van der Waals surface area contributed by atoms with Crippen molar-refractivity contribution >= 4 is 13.5 Å². The summed E-state index contributed by atoms with van der Waals surface area (Å²) in [6.45, 7) is 14.3. The van der Waals surface area contributed by atoms with Crippen molar-refractivity contribution in [1.29, 1.82) is 0 Å². The van der Waals surface area contributed by atoms with Crippen molar-refractivity contribution in [1.82, 2.24) is 4.67 Å². The van der Waals surface area contributed by atoms with E-state index in [1.807, 2.05) is 0 Å². The molecule has 1 aliphatic rings. The Morgan fingerprint density at radius 1 is 1.40 bits per heavy atom. The molecule has 0 saturated carbocycles. The van der Waals surface area contributed by atoms with Gasteiger partial charge in [-0.25, -0.2) is 4.67 Å². The Hall–Kier alpha value is -1.32. The maximum absolute atomic E-state index is 12.6. The Morgan fingerprint density at radius 2 is 2.00 bits per heavy atom. The Kier molecular flexibility index (Phi) is 5.37. The molecule has 0 aliphatic carbocycles. The first-order valence-corrected chi connectivity index (χ1v) is 8.48. The first-order valence-electron chi connectivity index (χ1n) is 6.45. The van der Waals surface area contributed by atoms with E-state index >= 15 is 0 Å². The molecule has 112 valence electrons. The predicted molar refractivity (Wildman–Crippen MR) is 79.4 cm³/mol.